The summed E-state index contributed by atoms with van der Waals surface area (Å²) in [7, 11) is 5.31. The normalized spacial score (nSPS) is 11.0. The summed E-state index contributed by atoms with van der Waals surface area (Å²) in [5, 5.41) is 12.6. The molecule has 8 nitrogen and oxygen atoms in total. The van der Waals surface area contributed by atoms with Crippen LogP contribution in [0.2, 0.25) is 0 Å². The highest BCUT2D eigenvalue weighted by atomic mass is 32.2. The molecule has 164 valence electrons. The number of ketones is 1. The highest BCUT2D eigenvalue weighted by Gasteiger charge is 2.17. The van der Waals surface area contributed by atoms with Crippen molar-refractivity contribution in [2.75, 3.05) is 18.2 Å². The number of nitrogens with one attached hydrogen (secondary N) is 1. The average Bonchev–Trinajstić information content (AvgIpc) is 3.32. The second kappa shape index (κ2) is 9.27. The molecular weight excluding hydrogens is 426 g/mol. The molecule has 4 aromatic rings. The SMILES string of the molecule is COc1ccc(NC(=O)Cc2nnc(SCC(=O)c3cn(C)c4ccccc34)n2C)cc1. The van der Waals surface area contributed by atoms with Crippen LogP contribution >= 0.6 is 11.8 Å². The van der Waals surface area contributed by atoms with Crippen LogP contribution in [-0.2, 0) is 25.3 Å². The second-order valence-electron chi connectivity index (χ2n) is 7.29. The monoisotopic (exact) mass is 449 g/mol. The van der Waals surface area contributed by atoms with Crippen molar-refractivity contribution < 1.29 is 14.3 Å². The Morgan fingerprint density at radius 1 is 1.06 bits per heavy atom. The number of aromatic nitrogens is 4. The first-order valence-electron chi connectivity index (χ1n) is 9.98. The van der Waals surface area contributed by atoms with Crippen molar-refractivity contribution in [3.8, 4) is 5.75 Å². The standard InChI is InChI=1S/C23H23N5O3S/c1-27-13-18(17-6-4-5-7-19(17)27)20(29)14-32-23-26-25-21(28(23)2)12-22(30)24-15-8-10-16(31-3)11-9-15/h4-11,13H,12,14H2,1-3H3,(H,24,30). The van der Waals surface area contributed by atoms with E-state index in [1.807, 2.05) is 42.1 Å². The fraction of sp³-hybridized carbons (Fsp3) is 0.217. The van der Waals surface area contributed by atoms with Crippen LogP contribution in [0, 0.1) is 0 Å². The number of fused-ring (bicyclic) bond motifs is 1. The number of carbonyl (C=O) groups is 2. The number of rotatable bonds is 8. The van der Waals surface area contributed by atoms with E-state index in [1.54, 1.807) is 43.0 Å². The molecule has 1 N–H and O–H groups in total. The van der Waals surface area contributed by atoms with Crippen LogP contribution in [0.3, 0.4) is 0 Å². The van der Waals surface area contributed by atoms with Gasteiger partial charge in [-0.1, -0.05) is 30.0 Å². The lowest BCUT2D eigenvalue weighted by atomic mass is 10.1. The lowest BCUT2D eigenvalue weighted by Crippen LogP contribution is -2.17. The average molecular weight is 450 g/mol. The number of thioether (sulfide) groups is 1. The van der Waals surface area contributed by atoms with Crippen LogP contribution in [0.1, 0.15) is 16.2 Å². The Hall–Kier alpha value is -3.59. The molecule has 0 aliphatic rings. The van der Waals surface area contributed by atoms with E-state index < -0.39 is 0 Å². The van der Waals surface area contributed by atoms with Gasteiger partial charge in [0.2, 0.25) is 5.91 Å². The van der Waals surface area contributed by atoms with Gasteiger partial charge in [-0.25, -0.2) is 0 Å². The zero-order valence-corrected chi connectivity index (χ0v) is 18.8. The number of benzene rings is 2. The number of ether oxygens (including phenoxy) is 1. The lowest BCUT2D eigenvalue weighted by Gasteiger charge is -2.06. The number of para-hydroxylation sites is 1. The molecule has 2 aromatic carbocycles. The van der Waals surface area contributed by atoms with Gasteiger partial charge in [-0.15, -0.1) is 10.2 Å². The molecule has 0 saturated heterocycles. The third-order valence-corrected chi connectivity index (χ3v) is 6.17. The summed E-state index contributed by atoms with van der Waals surface area (Å²) in [5.74, 6) is 1.30. The Balaban J connectivity index is 1.38. The molecule has 0 aliphatic heterocycles. The number of hydrogen-bond donors (Lipinski definition) is 1. The summed E-state index contributed by atoms with van der Waals surface area (Å²) in [5.41, 5.74) is 2.38. The molecule has 0 spiro atoms. The quantitative estimate of drug-likeness (QED) is 0.327. The van der Waals surface area contributed by atoms with Crippen molar-refractivity contribution in [3.63, 3.8) is 0 Å². The minimum Gasteiger partial charge on any atom is -0.497 e. The maximum Gasteiger partial charge on any atom is 0.232 e. The van der Waals surface area contributed by atoms with E-state index in [0.717, 1.165) is 16.7 Å². The van der Waals surface area contributed by atoms with Crippen molar-refractivity contribution in [3.05, 3.63) is 66.1 Å². The van der Waals surface area contributed by atoms with Crippen LogP contribution < -0.4 is 10.1 Å². The summed E-state index contributed by atoms with van der Waals surface area (Å²) in [6.07, 6.45) is 1.94. The Morgan fingerprint density at radius 3 is 2.56 bits per heavy atom. The number of amides is 1. The van der Waals surface area contributed by atoms with E-state index in [1.165, 1.54) is 11.8 Å². The highest BCUT2D eigenvalue weighted by molar-refractivity contribution is 7.99. The van der Waals surface area contributed by atoms with Gasteiger partial charge in [0.1, 0.15) is 11.6 Å². The van der Waals surface area contributed by atoms with Crippen molar-refractivity contribution in [1.82, 2.24) is 19.3 Å². The molecule has 4 rings (SSSR count). The third kappa shape index (κ3) is 4.52. The van der Waals surface area contributed by atoms with Gasteiger partial charge in [0.15, 0.2) is 10.9 Å². The van der Waals surface area contributed by atoms with Crippen LogP contribution in [0.25, 0.3) is 10.9 Å². The van der Waals surface area contributed by atoms with Crippen LogP contribution in [-0.4, -0.2) is 43.9 Å². The number of hydrogen-bond acceptors (Lipinski definition) is 6. The molecule has 9 heteroatoms. The van der Waals surface area contributed by atoms with E-state index in [0.29, 0.717) is 22.2 Å². The molecule has 2 heterocycles. The summed E-state index contributed by atoms with van der Waals surface area (Å²) in [4.78, 5) is 25.2. The number of carbonyl (C=O) groups excluding carboxylic acids is 2. The molecule has 2 aromatic heterocycles. The first-order chi connectivity index (χ1) is 15.5. The van der Waals surface area contributed by atoms with Gasteiger partial charge >= 0.3 is 0 Å². The van der Waals surface area contributed by atoms with Gasteiger partial charge < -0.3 is 19.2 Å². The largest absolute Gasteiger partial charge is 0.497 e. The number of methoxy groups -OCH3 is 1. The zero-order chi connectivity index (χ0) is 22.7. The number of nitrogens with zero attached hydrogens (tertiary/aromatic N) is 4. The van der Waals surface area contributed by atoms with Gasteiger partial charge in [0.05, 0.1) is 19.3 Å². The van der Waals surface area contributed by atoms with Crippen molar-refractivity contribution in [1.29, 1.82) is 0 Å². The first kappa shape index (κ1) is 21.6. The molecule has 0 saturated carbocycles. The van der Waals surface area contributed by atoms with Crippen LogP contribution in [0.4, 0.5) is 5.69 Å². The third-order valence-electron chi connectivity index (χ3n) is 5.15. The minimum absolute atomic E-state index is 0.0219. The van der Waals surface area contributed by atoms with E-state index in [9.17, 15) is 9.59 Å². The van der Waals surface area contributed by atoms with Crippen molar-refractivity contribution in [2.45, 2.75) is 11.6 Å². The van der Waals surface area contributed by atoms with Crippen molar-refractivity contribution >= 4 is 40.0 Å². The number of aryl methyl sites for hydroxylation is 1. The Morgan fingerprint density at radius 2 is 1.81 bits per heavy atom. The molecular formula is C23H23N5O3S. The molecule has 0 unspecified atom stereocenters. The summed E-state index contributed by atoms with van der Waals surface area (Å²) in [6.45, 7) is 0. The smallest absolute Gasteiger partial charge is 0.232 e. The predicted molar refractivity (Wildman–Crippen MR) is 124 cm³/mol. The lowest BCUT2D eigenvalue weighted by molar-refractivity contribution is -0.115. The second-order valence-corrected chi connectivity index (χ2v) is 8.24. The Labute approximate surface area is 189 Å². The predicted octanol–water partition coefficient (Wildman–Crippen LogP) is 3.47. The van der Waals surface area contributed by atoms with Crippen LogP contribution in [0.15, 0.2) is 59.9 Å². The zero-order valence-electron chi connectivity index (χ0n) is 18.0. The summed E-state index contributed by atoms with van der Waals surface area (Å²) >= 11 is 1.31. The summed E-state index contributed by atoms with van der Waals surface area (Å²) < 4.78 is 8.81. The summed E-state index contributed by atoms with van der Waals surface area (Å²) in [6, 6.07) is 14.9. The van der Waals surface area contributed by atoms with Crippen molar-refractivity contribution in [2.24, 2.45) is 14.1 Å². The number of Topliss-reactive ketones (excluding diaryl/α,β-unsaturated/α-hetero) is 1. The fourth-order valence-electron chi connectivity index (χ4n) is 3.42. The van der Waals surface area contributed by atoms with E-state index in [2.05, 4.69) is 15.5 Å². The minimum atomic E-state index is -0.200. The maximum absolute atomic E-state index is 12.8. The van der Waals surface area contributed by atoms with Gasteiger partial charge in [-0.2, -0.15) is 0 Å². The van der Waals surface area contributed by atoms with Gasteiger partial charge in [-0.05, 0) is 30.3 Å². The Kier molecular flexibility index (Phi) is 6.27. The maximum atomic E-state index is 12.8. The fourth-order valence-corrected chi connectivity index (χ4v) is 4.23. The van der Waals surface area contributed by atoms with Gasteiger partial charge in [0, 0.05) is 42.4 Å². The molecule has 0 aliphatic carbocycles. The topological polar surface area (TPSA) is 91.0 Å². The van der Waals surface area contributed by atoms with Crippen LogP contribution in [0.5, 0.6) is 5.75 Å². The molecule has 0 bridgehead atoms. The van der Waals surface area contributed by atoms with E-state index in [-0.39, 0.29) is 23.9 Å². The van der Waals surface area contributed by atoms with Gasteiger partial charge in [0.25, 0.3) is 0 Å². The first-order valence-corrected chi connectivity index (χ1v) is 11.0. The van der Waals surface area contributed by atoms with E-state index >= 15 is 0 Å². The molecule has 0 radical (unpaired) electrons. The van der Waals surface area contributed by atoms with E-state index in [4.69, 9.17) is 4.74 Å². The number of anilines is 1. The van der Waals surface area contributed by atoms with Gasteiger partial charge in [-0.3, -0.25) is 9.59 Å². The molecule has 0 atom stereocenters. The Bertz CT molecular complexity index is 1280. The molecule has 0 fully saturated rings. The highest BCUT2D eigenvalue weighted by Crippen LogP contribution is 2.24. The molecule has 1 amide bonds. The molecule has 32 heavy (non-hydrogen) atoms.